The minimum atomic E-state index is -0.131. The number of thioether (sulfide) groups is 1. The highest BCUT2D eigenvalue weighted by molar-refractivity contribution is 8.01. The van der Waals surface area contributed by atoms with Crippen LogP contribution in [0.3, 0.4) is 0 Å². The van der Waals surface area contributed by atoms with Crippen molar-refractivity contribution >= 4 is 40.8 Å². The van der Waals surface area contributed by atoms with Crippen LogP contribution in [0, 0.1) is 6.92 Å². The Bertz CT molecular complexity index is 802. The van der Waals surface area contributed by atoms with E-state index in [-0.39, 0.29) is 10.9 Å². The van der Waals surface area contributed by atoms with Gasteiger partial charge in [-0.05, 0) is 55.7 Å². The maximum atomic E-state index is 13.1. The Hall–Kier alpha value is -1.65. The maximum absolute atomic E-state index is 13.1. The Kier molecular flexibility index (Phi) is 3.97. The van der Waals surface area contributed by atoms with Gasteiger partial charge in [-0.3, -0.25) is 4.90 Å². The number of carbonyl (C=O) groups excluding carboxylic acids is 1. The first-order valence-corrected chi connectivity index (χ1v) is 9.44. The standard InChI is InChI=1S/C19H19ClN2OS/c1-13-12-14(20)8-9-15(13)21-18(23)22-16-6-2-3-7-17(16)24-19(22)10-4-5-11-19/h2-3,6-9,12H,4-5,10-11H2,1H3,(H,21,23). The van der Waals surface area contributed by atoms with Gasteiger partial charge in [0.25, 0.3) is 0 Å². The van der Waals surface area contributed by atoms with Gasteiger partial charge in [-0.2, -0.15) is 0 Å². The molecule has 2 aromatic carbocycles. The van der Waals surface area contributed by atoms with Crippen LogP contribution >= 0.6 is 23.4 Å². The van der Waals surface area contributed by atoms with Gasteiger partial charge in [0.15, 0.2) is 0 Å². The Balaban J connectivity index is 1.68. The molecule has 1 spiro atoms. The second-order valence-electron chi connectivity index (χ2n) is 6.45. The van der Waals surface area contributed by atoms with Crippen molar-refractivity contribution in [2.45, 2.75) is 42.4 Å². The fourth-order valence-electron chi connectivity index (χ4n) is 3.68. The zero-order valence-corrected chi connectivity index (χ0v) is 15.1. The number of benzene rings is 2. The average molecular weight is 359 g/mol. The lowest BCUT2D eigenvalue weighted by Crippen LogP contribution is -2.47. The van der Waals surface area contributed by atoms with E-state index in [1.54, 1.807) is 0 Å². The Morgan fingerprint density at radius 2 is 1.96 bits per heavy atom. The minimum absolute atomic E-state index is 0.0558. The predicted molar refractivity (Wildman–Crippen MR) is 101 cm³/mol. The molecule has 2 aliphatic rings. The SMILES string of the molecule is Cc1cc(Cl)ccc1NC(=O)N1c2ccccc2SC12CCCC2. The molecule has 1 saturated carbocycles. The molecule has 1 aliphatic carbocycles. The number of hydrogen-bond donors (Lipinski definition) is 1. The van der Waals surface area contributed by atoms with E-state index in [0.717, 1.165) is 29.8 Å². The highest BCUT2D eigenvalue weighted by Gasteiger charge is 2.49. The molecule has 5 heteroatoms. The van der Waals surface area contributed by atoms with E-state index in [4.69, 9.17) is 11.6 Å². The first-order chi connectivity index (χ1) is 11.6. The number of fused-ring (bicyclic) bond motifs is 1. The molecule has 24 heavy (non-hydrogen) atoms. The number of hydrogen-bond acceptors (Lipinski definition) is 2. The Morgan fingerprint density at radius 3 is 2.71 bits per heavy atom. The predicted octanol–water partition coefficient (Wildman–Crippen LogP) is 6.06. The molecule has 1 heterocycles. The average Bonchev–Trinajstić information content (AvgIpc) is 3.14. The molecule has 3 nitrogen and oxygen atoms in total. The Morgan fingerprint density at radius 1 is 1.21 bits per heavy atom. The topological polar surface area (TPSA) is 32.3 Å². The third-order valence-electron chi connectivity index (χ3n) is 4.83. The van der Waals surface area contributed by atoms with E-state index in [0.29, 0.717) is 5.02 Å². The Labute approximate surface area is 151 Å². The van der Waals surface area contributed by atoms with Crippen LogP contribution in [-0.2, 0) is 0 Å². The van der Waals surface area contributed by atoms with Crippen molar-refractivity contribution in [3.8, 4) is 0 Å². The number of nitrogens with zero attached hydrogens (tertiary/aromatic N) is 1. The molecule has 0 aromatic heterocycles. The summed E-state index contributed by atoms with van der Waals surface area (Å²) in [5, 5.41) is 3.77. The molecular weight excluding hydrogens is 340 g/mol. The molecule has 1 aliphatic heterocycles. The molecule has 1 fully saturated rings. The van der Waals surface area contributed by atoms with Gasteiger partial charge in [0, 0.05) is 15.6 Å². The molecule has 0 atom stereocenters. The molecule has 0 saturated heterocycles. The number of aryl methyl sites for hydroxylation is 1. The zero-order valence-electron chi connectivity index (χ0n) is 13.5. The number of nitrogens with one attached hydrogen (secondary N) is 1. The van der Waals surface area contributed by atoms with E-state index in [2.05, 4.69) is 11.4 Å². The summed E-state index contributed by atoms with van der Waals surface area (Å²) in [6.45, 7) is 1.96. The normalized spacial score (nSPS) is 18.0. The van der Waals surface area contributed by atoms with Gasteiger partial charge in [0.05, 0.1) is 5.69 Å². The highest BCUT2D eigenvalue weighted by Crippen LogP contribution is 2.57. The molecule has 2 aromatic rings. The largest absolute Gasteiger partial charge is 0.327 e. The van der Waals surface area contributed by atoms with Gasteiger partial charge in [0.2, 0.25) is 0 Å². The van der Waals surface area contributed by atoms with E-state index >= 15 is 0 Å². The minimum Gasteiger partial charge on any atom is -0.307 e. The number of para-hydroxylation sites is 1. The summed E-state index contributed by atoms with van der Waals surface area (Å²) in [5.74, 6) is 0. The lowest BCUT2D eigenvalue weighted by Gasteiger charge is -2.34. The van der Waals surface area contributed by atoms with Crippen LogP contribution in [-0.4, -0.2) is 10.9 Å². The van der Waals surface area contributed by atoms with E-state index in [1.165, 1.54) is 17.7 Å². The van der Waals surface area contributed by atoms with Crippen molar-refractivity contribution < 1.29 is 4.79 Å². The van der Waals surface area contributed by atoms with Crippen LogP contribution in [0.25, 0.3) is 0 Å². The molecule has 2 amide bonds. The maximum Gasteiger partial charge on any atom is 0.327 e. The van der Waals surface area contributed by atoms with Crippen LogP contribution < -0.4 is 10.2 Å². The van der Waals surface area contributed by atoms with Gasteiger partial charge in [0.1, 0.15) is 4.87 Å². The van der Waals surface area contributed by atoms with Crippen LogP contribution in [0.1, 0.15) is 31.2 Å². The first kappa shape index (κ1) is 15.9. The van der Waals surface area contributed by atoms with Gasteiger partial charge >= 0.3 is 6.03 Å². The van der Waals surface area contributed by atoms with Gasteiger partial charge in [-0.15, -0.1) is 0 Å². The fourth-order valence-corrected chi connectivity index (χ4v) is 5.50. The summed E-state index contributed by atoms with van der Waals surface area (Å²) >= 11 is 7.86. The molecule has 0 unspecified atom stereocenters. The number of rotatable bonds is 1. The van der Waals surface area contributed by atoms with Crippen LogP contribution in [0.15, 0.2) is 47.4 Å². The molecule has 1 N–H and O–H groups in total. The molecule has 124 valence electrons. The zero-order chi connectivity index (χ0) is 16.7. The van der Waals surface area contributed by atoms with Gasteiger partial charge in [-0.25, -0.2) is 4.79 Å². The highest BCUT2D eigenvalue weighted by atomic mass is 35.5. The monoisotopic (exact) mass is 358 g/mol. The van der Waals surface area contributed by atoms with Crippen molar-refractivity contribution in [3.05, 3.63) is 53.1 Å². The van der Waals surface area contributed by atoms with Crippen LogP contribution in [0.4, 0.5) is 16.2 Å². The fraction of sp³-hybridized carbons (Fsp3) is 0.316. The van der Waals surface area contributed by atoms with Crippen molar-refractivity contribution in [2.75, 3.05) is 10.2 Å². The van der Waals surface area contributed by atoms with Crippen LogP contribution in [0.5, 0.6) is 0 Å². The number of urea groups is 1. The van der Waals surface area contributed by atoms with Crippen molar-refractivity contribution in [3.63, 3.8) is 0 Å². The van der Waals surface area contributed by atoms with E-state index < -0.39 is 0 Å². The molecule has 4 rings (SSSR count). The summed E-state index contributed by atoms with van der Waals surface area (Å²) in [5.41, 5.74) is 2.80. The molecular formula is C19H19ClN2OS. The third-order valence-corrected chi connectivity index (χ3v) is 6.60. The number of carbonyl (C=O) groups is 1. The van der Waals surface area contributed by atoms with Gasteiger partial charge < -0.3 is 5.32 Å². The summed E-state index contributed by atoms with van der Waals surface area (Å²) in [6.07, 6.45) is 4.42. The second kappa shape index (κ2) is 6.01. The lowest BCUT2D eigenvalue weighted by atomic mass is 10.1. The smallest absolute Gasteiger partial charge is 0.307 e. The summed E-state index contributed by atoms with van der Waals surface area (Å²) in [7, 11) is 0. The molecule has 0 radical (unpaired) electrons. The number of halogens is 1. The van der Waals surface area contributed by atoms with Crippen molar-refractivity contribution in [1.82, 2.24) is 0 Å². The quantitative estimate of drug-likeness (QED) is 0.671. The number of amides is 2. The van der Waals surface area contributed by atoms with Gasteiger partial charge in [-0.1, -0.05) is 48.3 Å². The van der Waals surface area contributed by atoms with Crippen molar-refractivity contribution in [2.24, 2.45) is 0 Å². The third kappa shape index (κ3) is 2.58. The van der Waals surface area contributed by atoms with Crippen molar-refractivity contribution in [1.29, 1.82) is 0 Å². The summed E-state index contributed by atoms with van der Waals surface area (Å²) in [4.78, 5) is 16.2. The number of anilines is 2. The summed E-state index contributed by atoms with van der Waals surface area (Å²) in [6, 6.07) is 13.7. The van der Waals surface area contributed by atoms with E-state index in [9.17, 15) is 4.79 Å². The lowest BCUT2D eigenvalue weighted by molar-refractivity contribution is 0.254. The van der Waals surface area contributed by atoms with E-state index in [1.807, 2.05) is 60.0 Å². The second-order valence-corrected chi connectivity index (χ2v) is 8.29. The summed E-state index contributed by atoms with van der Waals surface area (Å²) < 4.78 is 0. The first-order valence-electron chi connectivity index (χ1n) is 8.24. The molecule has 0 bridgehead atoms. The van der Waals surface area contributed by atoms with Crippen LogP contribution in [0.2, 0.25) is 5.02 Å².